The van der Waals surface area contributed by atoms with Gasteiger partial charge in [-0.2, -0.15) is 13.2 Å². The number of carbonyl (C=O) groups is 1. The van der Waals surface area contributed by atoms with Gasteiger partial charge in [-0.15, -0.1) is 6.58 Å². The number of alkyl halides is 3. The molecule has 0 aromatic rings. The van der Waals surface area contributed by atoms with E-state index in [2.05, 4.69) is 6.58 Å². The lowest BCUT2D eigenvalue weighted by molar-refractivity contribution is -0.127. The zero-order valence-electron chi connectivity index (χ0n) is 6.45. The van der Waals surface area contributed by atoms with Crippen LogP contribution in [0.3, 0.4) is 0 Å². The molecule has 0 amide bonds. The topological polar surface area (TPSA) is 29.1 Å². The van der Waals surface area contributed by atoms with Gasteiger partial charge in [0, 0.05) is 6.42 Å². The zero-order valence-corrected chi connectivity index (χ0v) is 6.45. The number of rotatable bonds is 5. The van der Waals surface area contributed by atoms with Gasteiger partial charge in [0.2, 0.25) is 0 Å². The monoisotopic (exact) mass is 181 g/mol. The van der Waals surface area contributed by atoms with E-state index in [1.54, 1.807) is 0 Å². The van der Waals surface area contributed by atoms with Crippen LogP contribution in [-0.2, 0) is 4.79 Å². The molecule has 0 saturated heterocycles. The largest absolute Gasteiger partial charge is 0.401 e. The van der Waals surface area contributed by atoms with Crippen molar-refractivity contribution in [1.29, 1.82) is 0 Å². The molecule has 0 atom stereocenters. The average molecular weight is 181 g/mol. The van der Waals surface area contributed by atoms with E-state index in [1.165, 1.54) is 6.08 Å². The molecule has 0 radical (unpaired) electrons. The molecule has 12 heavy (non-hydrogen) atoms. The van der Waals surface area contributed by atoms with Gasteiger partial charge in [0.1, 0.15) is 5.78 Å². The molecular formula is C7H10F3NO. The van der Waals surface area contributed by atoms with Crippen molar-refractivity contribution in [3.8, 4) is 0 Å². The third-order valence-corrected chi connectivity index (χ3v) is 1.02. The van der Waals surface area contributed by atoms with Crippen molar-refractivity contribution in [2.75, 3.05) is 13.1 Å². The second-order valence-electron chi connectivity index (χ2n) is 2.25. The van der Waals surface area contributed by atoms with Crippen LogP contribution in [0.4, 0.5) is 13.2 Å². The molecule has 0 aromatic carbocycles. The van der Waals surface area contributed by atoms with Crippen LogP contribution in [-0.4, -0.2) is 25.0 Å². The second-order valence-corrected chi connectivity index (χ2v) is 2.25. The predicted octanol–water partition coefficient (Wildman–Crippen LogP) is 1.28. The molecule has 0 rings (SSSR count). The number of nitrogens with one attached hydrogen (secondary N) is 1. The highest BCUT2D eigenvalue weighted by molar-refractivity contribution is 5.81. The third-order valence-electron chi connectivity index (χ3n) is 1.02. The number of ketones is 1. The van der Waals surface area contributed by atoms with Crippen molar-refractivity contribution in [1.82, 2.24) is 5.32 Å². The Hall–Kier alpha value is -0.840. The van der Waals surface area contributed by atoms with Gasteiger partial charge in [-0.25, -0.2) is 0 Å². The molecule has 0 fully saturated rings. The van der Waals surface area contributed by atoms with Crippen LogP contribution in [0.25, 0.3) is 0 Å². The van der Waals surface area contributed by atoms with Gasteiger partial charge in [0.15, 0.2) is 0 Å². The fourth-order valence-electron chi connectivity index (χ4n) is 0.577. The molecule has 0 spiro atoms. The fraction of sp³-hybridized carbons (Fsp3) is 0.571. The van der Waals surface area contributed by atoms with Gasteiger partial charge in [-0.1, -0.05) is 6.08 Å². The Morgan fingerprint density at radius 2 is 2.08 bits per heavy atom. The Morgan fingerprint density at radius 3 is 2.50 bits per heavy atom. The molecule has 0 aromatic heterocycles. The van der Waals surface area contributed by atoms with Crippen LogP contribution in [0.15, 0.2) is 12.7 Å². The molecule has 5 heteroatoms. The molecular weight excluding hydrogens is 171 g/mol. The Morgan fingerprint density at radius 1 is 1.50 bits per heavy atom. The SMILES string of the molecule is C=CCC(=O)CNCC(F)(F)F. The lowest BCUT2D eigenvalue weighted by Gasteiger charge is -2.06. The lowest BCUT2D eigenvalue weighted by atomic mass is 10.3. The highest BCUT2D eigenvalue weighted by Crippen LogP contribution is 2.11. The molecule has 0 unspecified atom stereocenters. The number of halogens is 3. The first-order valence-electron chi connectivity index (χ1n) is 3.36. The summed E-state index contributed by atoms with van der Waals surface area (Å²) in [5.74, 6) is -0.297. The van der Waals surface area contributed by atoms with Crippen LogP contribution < -0.4 is 5.32 Å². The zero-order chi connectivity index (χ0) is 9.61. The van der Waals surface area contributed by atoms with Crippen molar-refractivity contribution in [2.45, 2.75) is 12.6 Å². The Balaban J connectivity index is 3.43. The van der Waals surface area contributed by atoms with Gasteiger partial charge in [-0.05, 0) is 0 Å². The molecule has 2 nitrogen and oxygen atoms in total. The van der Waals surface area contributed by atoms with E-state index < -0.39 is 12.7 Å². The Bertz CT molecular complexity index is 165. The first-order valence-corrected chi connectivity index (χ1v) is 3.36. The minimum Gasteiger partial charge on any atom is -0.302 e. The van der Waals surface area contributed by atoms with E-state index in [9.17, 15) is 18.0 Å². The highest BCUT2D eigenvalue weighted by Gasteiger charge is 2.26. The number of hydrogen-bond acceptors (Lipinski definition) is 2. The quantitative estimate of drug-likeness (QED) is 0.647. The molecule has 0 saturated carbocycles. The van der Waals surface area contributed by atoms with E-state index in [1.807, 2.05) is 5.32 Å². The summed E-state index contributed by atoms with van der Waals surface area (Å²) in [6.45, 7) is 1.90. The van der Waals surface area contributed by atoms with Crippen molar-refractivity contribution >= 4 is 5.78 Å². The number of allylic oxidation sites excluding steroid dienone is 1. The summed E-state index contributed by atoms with van der Waals surface area (Å²) in [6, 6.07) is 0. The maximum Gasteiger partial charge on any atom is 0.401 e. The van der Waals surface area contributed by atoms with E-state index in [4.69, 9.17) is 0 Å². The van der Waals surface area contributed by atoms with Crippen LogP contribution in [0, 0.1) is 0 Å². The summed E-state index contributed by atoms with van der Waals surface area (Å²) in [5.41, 5.74) is 0. The van der Waals surface area contributed by atoms with Crippen molar-refractivity contribution < 1.29 is 18.0 Å². The van der Waals surface area contributed by atoms with Gasteiger partial charge in [-0.3, -0.25) is 4.79 Å². The second kappa shape index (κ2) is 4.92. The number of Topliss-reactive ketones (excluding diaryl/α,β-unsaturated/α-hetero) is 1. The average Bonchev–Trinajstić information content (AvgIpc) is 1.84. The summed E-state index contributed by atoms with van der Waals surface area (Å²) >= 11 is 0. The van der Waals surface area contributed by atoms with E-state index >= 15 is 0 Å². The lowest BCUT2D eigenvalue weighted by Crippen LogP contribution is -2.32. The molecule has 0 heterocycles. The molecule has 0 bridgehead atoms. The van der Waals surface area contributed by atoms with Gasteiger partial charge in [0.25, 0.3) is 0 Å². The minimum atomic E-state index is -4.26. The van der Waals surface area contributed by atoms with Crippen molar-refractivity contribution in [3.63, 3.8) is 0 Å². The van der Waals surface area contributed by atoms with E-state index in [-0.39, 0.29) is 18.7 Å². The maximum absolute atomic E-state index is 11.5. The molecule has 1 N–H and O–H groups in total. The fourth-order valence-corrected chi connectivity index (χ4v) is 0.577. The van der Waals surface area contributed by atoms with Gasteiger partial charge >= 0.3 is 6.18 Å². The highest BCUT2D eigenvalue weighted by atomic mass is 19.4. The van der Waals surface area contributed by atoms with Crippen molar-refractivity contribution in [2.24, 2.45) is 0 Å². The number of hydrogen-bond donors (Lipinski definition) is 1. The van der Waals surface area contributed by atoms with Crippen LogP contribution in [0.1, 0.15) is 6.42 Å². The molecule has 0 aliphatic carbocycles. The van der Waals surface area contributed by atoms with Crippen LogP contribution >= 0.6 is 0 Å². The first kappa shape index (κ1) is 11.2. The number of carbonyl (C=O) groups excluding carboxylic acids is 1. The van der Waals surface area contributed by atoms with Crippen molar-refractivity contribution in [3.05, 3.63) is 12.7 Å². The summed E-state index contributed by atoms with van der Waals surface area (Å²) < 4.78 is 34.5. The summed E-state index contributed by atoms with van der Waals surface area (Å²) in [5, 5.41) is 1.99. The standard InChI is InChI=1S/C7H10F3NO/c1-2-3-6(12)4-11-5-7(8,9)10/h2,11H,1,3-5H2. The van der Waals surface area contributed by atoms with E-state index in [0.29, 0.717) is 0 Å². The smallest absolute Gasteiger partial charge is 0.302 e. The Labute approximate surface area is 68.4 Å². The molecule has 0 aliphatic rings. The summed E-state index contributed by atoms with van der Waals surface area (Å²) in [6.07, 6.45) is -2.79. The molecule has 70 valence electrons. The van der Waals surface area contributed by atoms with E-state index in [0.717, 1.165) is 0 Å². The summed E-state index contributed by atoms with van der Waals surface area (Å²) in [4.78, 5) is 10.6. The van der Waals surface area contributed by atoms with Crippen LogP contribution in [0.5, 0.6) is 0 Å². The van der Waals surface area contributed by atoms with Gasteiger partial charge in [0.05, 0.1) is 13.1 Å². The third kappa shape index (κ3) is 7.27. The maximum atomic E-state index is 11.5. The first-order chi connectivity index (χ1) is 5.45. The molecule has 0 aliphatic heterocycles. The summed E-state index contributed by atoms with van der Waals surface area (Å²) in [7, 11) is 0. The van der Waals surface area contributed by atoms with Gasteiger partial charge < -0.3 is 5.32 Å². The predicted molar refractivity (Wildman–Crippen MR) is 38.7 cm³/mol. The normalized spacial score (nSPS) is 11.2. The Kier molecular flexibility index (Phi) is 4.58. The minimum absolute atomic E-state index is 0.102. The van der Waals surface area contributed by atoms with Crippen LogP contribution in [0.2, 0.25) is 0 Å².